The van der Waals surface area contributed by atoms with E-state index in [1.165, 1.54) is 38.5 Å². The van der Waals surface area contributed by atoms with Crippen molar-refractivity contribution in [1.82, 2.24) is 4.90 Å². The Morgan fingerprint density at radius 1 is 1.18 bits per heavy atom. The predicted molar refractivity (Wildman–Crippen MR) is 64.4 cm³/mol. The van der Waals surface area contributed by atoms with Crippen molar-refractivity contribution in [2.24, 2.45) is 5.92 Å². The smallest absolute Gasteiger partial charge is 0.253 e. The molecule has 0 aromatic rings. The largest absolute Gasteiger partial charge is 0.281 e. The molecule has 2 amide bonds. The van der Waals surface area contributed by atoms with Gasteiger partial charge in [-0.05, 0) is 24.4 Å². The molecule has 2 rings (SSSR count). The quantitative estimate of drug-likeness (QED) is 0.532. The molecular formula is C12H16ClNO3. The fraction of sp³-hybridized carbons (Fsp3) is 0.583. The lowest BCUT2D eigenvalue weighted by Gasteiger charge is -2.16. The van der Waals surface area contributed by atoms with Crippen molar-refractivity contribution >= 4 is 28.7 Å². The molecule has 1 heterocycles. The Bertz CT molecular complexity index is 328. The number of halogens is 1. The molecule has 1 fully saturated rings. The van der Waals surface area contributed by atoms with E-state index < -0.39 is 0 Å². The minimum Gasteiger partial charge on any atom is -0.281 e. The van der Waals surface area contributed by atoms with E-state index in [-0.39, 0.29) is 23.0 Å². The van der Waals surface area contributed by atoms with Gasteiger partial charge in [0, 0.05) is 25.1 Å². The molecule has 1 aliphatic carbocycles. The number of hydrogen-bond donors (Lipinski definition) is 0. The summed E-state index contributed by atoms with van der Waals surface area (Å²) in [6, 6.07) is 0. The molecule has 5 heteroatoms. The van der Waals surface area contributed by atoms with Crippen LogP contribution in [-0.2, 0) is 14.4 Å². The lowest BCUT2D eigenvalue weighted by molar-refractivity contribution is -0.135. The van der Waals surface area contributed by atoms with Crippen LogP contribution in [0.4, 0.5) is 0 Å². The highest BCUT2D eigenvalue weighted by molar-refractivity contribution is 6.63. The summed E-state index contributed by atoms with van der Waals surface area (Å²) in [5, 5.41) is -0.130. The number of hydrogen-bond acceptors (Lipinski definition) is 3. The van der Waals surface area contributed by atoms with Gasteiger partial charge in [-0.25, -0.2) is 0 Å². The first-order valence-corrected chi connectivity index (χ1v) is 6.09. The van der Waals surface area contributed by atoms with Gasteiger partial charge in [0.15, 0.2) is 0 Å². The predicted octanol–water partition coefficient (Wildman–Crippen LogP) is 1.87. The van der Waals surface area contributed by atoms with Gasteiger partial charge in [0.25, 0.3) is 11.8 Å². The van der Waals surface area contributed by atoms with Gasteiger partial charge in [0.05, 0.1) is 0 Å². The first-order chi connectivity index (χ1) is 8.02. The van der Waals surface area contributed by atoms with Crippen LogP contribution in [0.1, 0.15) is 32.1 Å². The third kappa shape index (κ3) is 4.30. The second kappa shape index (κ2) is 6.55. The molecule has 0 unspecified atom stereocenters. The van der Waals surface area contributed by atoms with Crippen molar-refractivity contribution in [3.05, 3.63) is 12.2 Å². The Hall–Kier alpha value is -1.16. The fourth-order valence-electron chi connectivity index (χ4n) is 1.80. The molecule has 1 aliphatic heterocycles. The molecule has 0 atom stereocenters. The first kappa shape index (κ1) is 13.9. The molecule has 17 heavy (non-hydrogen) atoms. The normalized spacial score (nSPS) is 20.2. The number of rotatable bonds is 1. The summed E-state index contributed by atoms with van der Waals surface area (Å²) in [6.45, 7) is 0. The van der Waals surface area contributed by atoms with Crippen molar-refractivity contribution in [2.45, 2.75) is 32.1 Å². The van der Waals surface area contributed by atoms with Crippen molar-refractivity contribution in [3.8, 4) is 0 Å². The van der Waals surface area contributed by atoms with E-state index in [1.54, 1.807) is 0 Å². The topological polar surface area (TPSA) is 54.5 Å². The van der Waals surface area contributed by atoms with Crippen LogP contribution < -0.4 is 0 Å². The summed E-state index contributed by atoms with van der Waals surface area (Å²) in [6.07, 6.45) is 8.18. The van der Waals surface area contributed by atoms with Crippen LogP contribution in [-0.4, -0.2) is 29.0 Å². The maximum atomic E-state index is 10.6. The summed E-state index contributed by atoms with van der Waals surface area (Å²) in [5.74, 6) is -0.301. The molecule has 94 valence electrons. The average Bonchev–Trinajstić information content (AvgIpc) is 2.62. The number of carbonyl (C=O) groups is 3. The van der Waals surface area contributed by atoms with Gasteiger partial charge in [-0.3, -0.25) is 19.3 Å². The molecule has 0 aromatic heterocycles. The van der Waals surface area contributed by atoms with E-state index in [2.05, 4.69) is 0 Å². The maximum Gasteiger partial charge on any atom is 0.253 e. The molecule has 0 saturated heterocycles. The Balaban J connectivity index is 0.000000171. The zero-order valence-corrected chi connectivity index (χ0v) is 10.6. The summed E-state index contributed by atoms with van der Waals surface area (Å²) in [4.78, 5) is 32.4. The second-order valence-electron chi connectivity index (χ2n) is 4.21. The van der Waals surface area contributed by atoms with Crippen LogP contribution in [0.2, 0.25) is 0 Å². The van der Waals surface area contributed by atoms with Crippen LogP contribution in [0, 0.1) is 5.92 Å². The minimum atomic E-state index is -0.241. The lowest BCUT2D eigenvalue weighted by Crippen LogP contribution is -2.24. The molecule has 4 nitrogen and oxygen atoms in total. The standard InChI is InChI=1S/C7H11ClO.C5H5NO2/c8-7(9)6-4-2-1-3-5-6;1-6-4(7)2-3-5(6)8/h6H,1-5H2;2-3H,1H3. The zero-order valence-electron chi connectivity index (χ0n) is 9.82. The Kier molecular flexibility index (Phi) is 5.35. The van der Waals surface area contributed by atoms with Gasteiger partial charge in [0.1, 0.15) is 0 Å². The third-order valence-electron chi connectivity index (χ3n) is 2.96. The third-order valence-corrected chi connectivity index (χ3v) is 3.26. The second-order valence-corrected chi connectivity index (χ2v) is 4.58. The van der Waals surface area contributed by atoms with Crippen molar-refractivity contribution in [2.75, 3.05) is 7.05 Å². The van der Waals surface area contributed by atoms with Crippen molar-refractivity contribution < 1.29 is 14.4 Å². The molecule has 2 aliphatic rings. The van der Waals surface area contributed by atoms with Gasteiger partial charge in [0.2, 0.25) is 5.24 Å². The van der Waals surface area contributed by atoms with Gasteiger partial charge < -0.3 is 0 Å². The summed E-state index contributed by atoms with van der Waals surface area (Å²) < 4.78 is 0. The SMILES string of the molecule is CN1C(=O)C=CC1=O.O=C(Cl)C1CCCCC1. The number of imide groups is 1. The van der Waals surface area contributed by atoms with Gasteiger partial charge in [-0.2, -0.15) is 0 Å². The zero-order chi connectivity index (χ0) is 12.8. The van der Waals surface area contributed by atoms with E-state index in [1.807, 2.05) is 0 Å². The summed E-state index contributed by atoms with van der Waals surface area (Å²) >= 11 is 5.32. The van der Waals surface area contributed by atoms with Crippen LogP contribution in [0.3, 0.4) is 0 Å². The number of nitrogens with zero attached hydrogens (tertiary/aromatic N) is 1. The molecule has 0 aromatic carbocycles. The van der Waals surface area contributed by atoms with Gasteiger partial charge in [-0.1, -0.05) is 19.3 Å². The van der Waals surface area contributed by atoms with E-state index >= 15 is 0 Å². The summed E-state index contributed by atoms with van der Waals surface area (Å²) in [5.41, 5.74) is 0. The Morgan fingerprint density at radius 2 is 1.65 bits per heavy atom. The Morgan fingerprint density at radius 3 is 1.88 bits per heavy atom. The average molecular weight is 258 g/mol. The Labute approximate surface area is 106 Å². The van der Waals surface area contributed by atoms with E-state index in [0.717, 1.165) is 17.7 Å². The highest BCUT2D eigenvalue weighted by atomic mass is 35.5. The van der Waals surface area contributed by atoms with E-state index in [0.29, 0.717) is 0 Å². The maximum absolute atomic E-state index is 10.6. The number of carbonyl (C=O) groups excluding carboxylic acids is 3. The highest BCUT2D eigenvalue weighted by Crippen LogP contribution is 2.25. The molecule has 0 N–H and O–H groups in total. The molecule has 0 spiro atoms. The van der Waals surface area contributed by atoms with Crippen molar-refractivity contribution in [3.63, 3.8) is 0 Å². The molecule has 0 radical (unpaired) electrons. The fourth-order valence-corrected chi connectivity index (χ4v) is 2.02. The first-order valence-electron chi connectivity index (χ1n) is 5.71. The van der Waals surface area contributed by atoms with E-state index in [4.69, 9.17) is 11.6 Å². The van der Waals surface area contributed by atoms with Crippen LogP contribution in [0.25, 0.3) is 0 Å². The number of amides is 2. The van der Waals surface area contributed by atoms with Gasteiger partial charge >= 0.3 is 0 Å². The molecule has 0 bridgehead atoms. The van der Waals surface area contributed by atoms with Crippen LogP contribution in [0.5, 0.6) is 0 Å². The molecule has 1 saturated carbocycles. The monoisotopic (exact) mass is 257 g/mol. The van der Waals surface area contributed by atoms with Gasteiger partial charge in [-0.15, -0.1) is 0 Å². The highest BCUT2D eigenvalue weighted by Gasteiger charge is 2.18. The number of likely N-dealkylation sites (N-methyl/N-ethyl adjacent to an activating group) is 1. The summed E-state index contributed by atoms with van der Waals surface area (Å²) in [7, 11) is 1.45. The van der Waals surface area contributed by atoms with Crippen LogP contribution in [0.15, 0.2) is 12.2 Å². The van der Waals surface area contributed by atoms with Crippen LogP contribution >= 0.6 is 11.6 Å². The minimum absolute atomic E-state index is 0.130. The van der Waals surface area contributed by atoms with Crippen molar-refractivity contribution in [1.29, 1.82) is 0 Å². The molecular weight excluding hydrogens is 242 g/mol. The van der Waals surface area contributed by atoms with E-state index in [9.17, 15) is 14.4 Å². The lowest BCUT2D eigenvalue weighted by atomic mass is 9.90.